The molecule has 0 bridgehead atoms. The van der Waals surface area contributed by atoms with Gasteiger partial charge in [0.25, 0.3) is 0 Å². The molecule has 80 heavy (non-hydrogen) atoms. The zero-order valence-electron chi connectivity index (χ0n) is 51.5. The molecule has 0 aromatic carbocycles. The van der Waals surface area contributed by atoms with Gasteiger partial charge in [0.15, 0.2) is 6.10 Å². The number of rotatable bonds is 61. The van der Waals surface area contributed by atoms with Gasteiger partial charge >= 0.3 is 25.7 Å². The van der Waals surface area contributed by atoms with Crippen LogP contribution in [0.1, 0.15) is 303 Å². The van der Waals surface area contributed by atoms with Gasteiger partial charge in [0.05, 0.1) is 19.8 Å². The predicted molar refractivity (Wildman–Crippen MR) is 335 cm³/mol. The van der Waals surface area contributed by atoms with E-state index in [4.69, 9.17) is 23.3 Å². The van der Waals surface area contributed by atoms with E-state index in [-0.39, 0.29) is 25.9 Å². The van der Waals surface area contributed by atoms with Crippen LogP contribution < -0.4 is 0 Å². The summed E-state index contributed by atoms with van der Waals surface area (Å²) in [4.78, 5) is 48.8. The van der Waals surface area contributed by atoms with Crippen LogP contribution in [0, 0.1) is 0 Å². The summed E-state index contributed by atoms with van der Waals surface area (Å²) in [7, 11) is -4.76. The van der Waals surface area contributed by atoms with Crippen molar-refractivity contribution in [3.05, 3.63) is 72.9 Å². The van der Waals surface area contributed by atoms with Crippen molar-refractivity contribution < 1.29 is 52.2 Å². The Hall–Kier alpha value is -3.08. The van der Waals surface area contributed by atoms with Gasteiger partial charge in [-0.2, -0.15) is 0 Å². The molecule has 12 heteroatoms. The normalized spacial score (nSPS) is 13.7. The van der Waals surface area contributed by atoms with Crippen molar-refractivity contribution in [3.63, 3.8) is 0 Å². The molecule has 0 fully saturated rings. The van der Waals surface area contributed by atoms with Crippen LogP contribution in [-0.4, -0.2) is 66.5 Å². The third-order valence-electron chi connectivity index (χ3n) is 14.1. The number of esters is 3. The number of phosphoric acid groups is 1. The van der Waals surface area contributed by atoms with E-state index >= 15 is 0 Å². The number of hydrogen-bond acceptors (Lipinski definition) is 10. The monoisotopic (exact) mass is 1140 g/mol. The Balaban J connectivity index is 4.68. The number of aliphatic hydroxyl groups excluding tert-OH is 1. The van der Waals surface area contributed by atoms with Crippen molar-refractivity contribution in [2.45, 2.75) is 315 Å². The molecule has 3 atom stereocenters. The molecule has 0 aliphatic heterocycles. The van der Waals surface area contributed by atoms with Gasteiger partial charge in [-0.15, -0.1) is 0 Å². The number of ether oxygens (including phenoxy) is 3. The van der Waals surface area contributed by atoms with Crippen LogP contribution in [-0.2, 0) is 42.2 Å². The Morgan fingerprint density at radius 2 is 0.650 bits per heavy atom. The molecule has 11 nitrogen and oxygen atoms in total. The average molecular weight is 1150 g/mol. The standard InChI is InChI=1S/C68H121O11P/c1-4-7-10-13-16-19-22-25-28-30-32-34-37-40-43-46-49-52-55-58-67(71)78-64(60-69)62-76-80(73,74)77-63-65(61-75-66(70)57-54-51-48-45-42-39-36-27-24-21-18-15-12-9-6-3)79-68(72)59-56-53-50-47-44-41-38-35-33-31-29-26-23-20-17-14-11-8-5-2/h8,11,16-17,19-20,25-26,28-29,33,35,64-65,69H,4-7,9-10,12-15,18,21-24,27,30-32,34,36-63H2,1-3H3,(H,73,74)/b11-8-,19-16-,20-17-,28-25-,29-26-,35-33-. The Bertz CT molecular complexity index is 1620. The second kappa shape index (κ2) is 62.0. The molecule has 0 aliphatic carbocycles. The summed E-state index contributed by atoms with van der Waals surface area (Å²) < 4.78 is 39.7. The zero-order chi connectivity index (χ0) is 58.3. The van der Waals surface area contributed by atoms with E-state index in [2.05, 4.69) is 93.7 Å². The first-order valence-corrected chi connectivity index (χ1v) is 34.3. The molecule has 2 N–H and O–H groups in total. The Labute approximate surface area is 490 Å². The quantitative estimate of drug-likeness (QED) is 0.0197. The van der Waals surface area contributed by atoms with E-state index in [1.807, 2.05) is 0 Å². The highest BCUT2D eigenvalue weighted by Crippen LogP contribution is 2.43. The zero-order valence-corrected chi connectivity index (χ0v) is 52.4. The van der Waals surface area contributed by atoms with Gasteiger partial charge in [0.1, 0.15) is 12.7 Å². The number of carbonyl (C=O) groups is 3. The summed E-state index contributed by atoms with van der Waals surface area (Å²) in [6.45, 7) is 4.54. The van der Waals surface area contributed by atoms with Crippen LogP contribution in [0.2, 0.25) is 0 Å². The molecule has 3 unspecified atom stereocenters. The van der Waals surface area contributed by atoms with E-state index in [1.54, 1.807) is 0 Å². The lowest BCUT2D eigenvalue weighted by Crippen LogP contribution is -2.30. The lowest BCUT2D eigenvalue weighted by atomic mass is 10.0. The van der Waals surface area contributed by atoms with Gasteiger partial charge in [0, 0.05) is 19.3 Å². The maximum Gasteiger partial charge on any atom is 0.472 e. The second-order valence-electron chi connectivity index (χ2n) is 21.9. The number of aliphatic hydroxyl groups is 1. The largest absolute Gasteiger partial charge is 0.472 e. The molecule has 0 aliphatic rings. The fourth-order valence-electron chi connectivity index (χ4n) is 9.14. The highest BCUT2D eigenvalue weighted by Gasteiger charge is 2.28. The van der Waals surface area contributed by atoms with E-state index in [0.717, 1.165) is 116 Å². The van der Waals surface area contributed by atoms with Crippen molar-refractivity contribution in [2.75, 3.05) is 26.4 Å². The average Bonchev–Trinajstić information content (AvgIpc) is 3.45. The predicted octanol–water partition coefficient (Wildman–Crippen LogP) is 20.0. The third-order valence-corrected chi connectivity index (χ3v) is 15.1. The SMILES string of the molecule is CC/C=C\C/C=C\C/C=C\C/C=C\CCCCCCCCC(=O)OC(COC(=O)CCCCCCCCCCCCCCCCC)COP(=O)(O)OCC(CO)OC(=O)CCCCCCCCCCC/C=C\C/C=C\CCCCC. The lowest BCUT2D eigenvalue weighted by Gasteiger charge is -2.21. The van der Waals surface area contributed by atoms with Crippen molar-refractivity contribution in [1.29, 1.82) is 0 Å². The summed E-state index contributed by atoms with van der Waals surface area (Å²) in [6, 6.07) is 0. The van der Waals surface area contributed by atoms with Crippen molar-refractivity contribution >= 4 is 25.7 Å². The summed E-state index contributed by atoms with van der Waals surface area (Å²) >= 11 is 0. The minimum Gasteiger partial charge on any atom is -0.462 e. The third kappa shape index (κ3) is 59.5. The smallest absolute Gasteiger partial charge is 0.462 e. The molecule has 0 spiro atoms. The maximum atomic E-state index is 13.0. The Morgan fingerprint density at radius 1 is 0.362 bits per heavy atom. The van der Waals surface area contributed by atoms with Crippen LogP contribution >= 0.6 is 7.82 Å². The molecular weight excluding hydrogens is 1020 g/mol. The highest BCUT2D eigenvalue weighted by molar-refractivity contribution is 7.47. The molecule has 464 valence electrons. The van der Waals surface area contributed by atoms with E-state index in [0.29, 0.717) is 19.3 Å². The molecule has 0 heterocycles. The number of hydrogen-bond donors (Lipinski definition) is 2. The van der Waals surface area contributed by atoms with Gasteiger partial charge in [-0.1, -0.05) is 267 Å². The molecule has 0 radical (unpaired) electrons. The van der Waals surface area contributed by atoms with Gasteiger partial charge in [-0.25, -0.2) is 4.57 Å². The first-order valence-electron chi connectivity index (χ1n) is 32.8. The number of unbranched alkanes of at least 4 members (excludes halogenated alkanes) is 32. The minimum absolute atomic E-state index is 0.152. The van der Waals surface area contributed by atoms with Gasteiger partial charge in [-0.05, 0) is 89.9 Å². The summed E-state index contributed by atoms with van der Waals surface area (Å²) in [5.41, 5.74) is 0. The first kappa shape index (κ1) is 76.9. The van der Waals surface area contributed by atoms with Crippen LogP contribution in [0.4, 0.5) is 0 Å². The summed E-state index contributed by atoms with van der Waals surface area (Å²) in [5.74, 6) is -1.47. The van der Waals surface area contributed by atoms with Gasteiger partial charge in [0.2, 0.25) is 0 Å². The fourth-order valence-corrected chi connectivity index (χ4v) is 9.93. The van der Waals surface area contributed by atoms with Gasteiger partial charge in [-0.3, -0.25) is 23.4 Å². The summed E-state index contributed by atoms with van der Waals surface area (Å²) in [5, 5.41) is 9.86. The summed E-state index contributed by atoms with van der Waals surface area (Å²) in [6.07, 6.45) is 71.3. The lowest BCUT2D eigenvalue weighted by molar-refractivity contribution is -0.161. The fraction of sp³-hybridized carbons (Fsp3) is 0.779. The molecule has 0 aromatic heterocycles. The Morgan fingerprint density at radius 3 is 1.02 bits per heavy atom. The van der Waals surface area contributed by atoms with E-state index in [9.17, 15) is 28.9 Å². The minimum atomic E-state index is -4.76. The topological polar surface area (TPSA) is 155 Å². The highest BCUT2D eigenvalue weighted by atomic mass is 31.2. The van der Waals surface area contributed by atoms with Crippen LogP contribution in [0.5, 0.6) is 0 Å². The van der Waals surface area contributed by atoms with Crippen LogP contribution in [0.3, 0.4) is 0 Å². The molecule has 0 amide bonds. The van der Waals surface area contributed by atoms with Crippen molar-refractivity contribution in [3.8, 4) is 0 Å². The first-order chi connectivity index (χ1) is 39.2. The molecule has 0 aromatic rings. The van der Waals surface area contributed by atoms with Crippen molar-refractivity contribution in [2.24, 2.45) is 0 Å². The van der Waals surface area contributed by atoms with E-state index < -0.39 is 57.8 Å². The number of phosphoric ester groups is 1. The maximum absolute atomic E-state index is 13.0. The van der Waals surface area contributed by atoms with Gasteiger partial charge < -0.3 is 24.2 Å². The number of carbonyl (C=O) groups excluding carboxylic acids is 3. The van der Waals surface area contributed by atoms with Crippen molar-refractivity contribution in [1.82, 2.24) is 0 Å². The Kier molecular flexibility index (Phi) is 59.6. The molecule has 0 saturated carbocycles. The van der Waals surface area contributed by atoms with E-state index in [1.165, 1.54) is 128 Å². The molecule has 0 saturated heterocycles. The second-order valence-corrected chi connectivity index (χ2v) is 23.4. The molecular formula is C68H121O11P. The molecule has 0 rings (SSSR count). The number of allylic oxidation sites excluding steroid dienone is 12. The van der Waals surface area contributed by atoms with Crippen LogP contribution in [0.15, 0.2) is 72.9 Å². The van der Waals surface area contributed by atoms with Crippen LogP contribution in [0.25, 0.3) is 0 Å².